The Kier molecular flexibility index (Phi) is 8.13. The molecule has 0 spiro atoms. The van der Waals surface area contributed by atoms with Crippen LogP contribution in [0.15, 0.2) is 57.5 Å². The van der Waals surface area contributed by atoms with E-state index < -0.39 is 0 Å². The molecule has 0 unspecified atom stereocenters. The van der Waals surface area contributed by atoms with E-state index in [0.717, 1.165) is 8.95 Å². The van der Waals surface area contributed by atoms with Gasteiger partial charge in [0.2, 0.25) is 0 Å². The first-order valence-corrected chi connectivity index (χ1v) is 6.61. The number of hydrogen-bond donors (Lipinski definition) is 0. The lowest BCUT2D eigenvalue weighted by Gasteiger charge is -1.89. The fourth-order valence-electron chi connectivity index (χ4n) is 1.21. The van der Waals surface area contributed by atoms with Crippen molar-refractivity contribution in [2.75, 3.05) is 0 Å². The van der Waals surface area contributed by atoms with Crippen LogP contribution in [0.1, 0.15) is 11.1 Å². The van der Waals surface area contributed by atoms with Crippen LogP contribution in [0.3, 0.4) is 0 Å². The van der Waals surface area contributed by atoms with E-state index >= 15 is 0 Å². The van der Waals surface area contributed by atoms with Crippen LogP contribution in [-0.4, -0.2) is 5.48 Å². The monoisotopic (exact) mass is 358 g/mol. The summed E-state index contributed by atoms with van der Waals surface area (Å²) in [5.41, 5.74) is 2.58. The standard InChI is InChI=1S/2C7H7Br.H2O/c2*1-6-3-2-4-7(8)5-6;/h2*2-5H,1H3;1H2. The quantitative estimate of drug-likeness (QED) is 0.653. The zero-order chi connectivity index (χ0) is 12.0. The van der Waals surface area contributed by atoms with Gasteiger partial charge in [-0.15, -0.1) is 0 Å². The van der Waals surface area contributed by atoms with Crippen molar-refractivity contribution in [3.05, 3.63) is 68.6 Å². The summed E-state index contributed by atoms with van der Waals surface area (Å²) in [5, 5.41) is 0. The maximum atomic E-state index is 3.36. The van der Waals surface area contributed by atoms with Crippen molar-refractivity contribution in [3.63, 3.8) is 0 Å². The van der Waals surface area contributed by atoms with Gasteiger partial charge in [-0.1, -0.05) is 67.3 Å². The van der Waals surface area contributed by atoms with Crippen LogP contribution in [0, 0.1) is 13.8 Å². The second-order valence-corrected chi connectivity index (χ2v) is 5.43. The molecule has 0 aliphatic rings. The largest absolute Gasteiger partial charge is 0.412 e. The minimum atomic E-state index is 0. The van der Waals surface area contributed by atoms with Gasteiger partial charge in [0.25, 0.3) is 0 Å². The molecule has 1 nitrogen and oxygen atoms in total. The predicted octanol–water partition coefficient (Wildman–Crippen LogP) is 4.69. The maximum Gasteiger partial charge on any atom is 0.0177 e. The number of halogens is 2. The SMILES string of the molecule is Cc1cccc(Br)c1.Cc1cccc(Br)c1.O. The molecule has 17 heavy (non-hydrogen) atoms. The highest BCUT2D eigenvalue weighted by molar-refractivity contribution is 9.10. The normalized spacial score (nSPS) is 8.71. The van der Waals surface area contributed by atoms with Gasteiger partial charge in [-0.25, -0.2) is 0 Å². The van der Waals surface area contributed by atoms with E-state index in [9.17, 15) is 0 Å². The zero-order valence-corrected chi connectivity index (χ0v) is 13.0. The van der Waals surface area contributed by atoms with E-state index in [-0.39, 0.29) is 5.48 Å². The van der Waals surface area contributed by atoms with Crippen LogP contribution in [0.25, 0.3) is 0 Å². The van der Waals surface area contributed by atoms with Crippen LogP contribution in [-0.2, 0) is 0 Å². The highest BCUT2D eigenvalue weighted by Gasteiger charge is 1.83. The molecule has 2 aromatic rings. The number of benzene rings is 2. The minimum absolute atomic E-state index is 0. The Hall–Kier alpha value is -0.640. The summed E-state index contributed by atoms with van der Waals surface area (Å²) in [6.45, 7) is 4.15. The van der Waals surface area contributed by atoms with E-state index in [1.807, 2.05) is 24.3 Å². The number of aryl methyl sites for hydroxylation is 2. The van der Waals surface area contributed by atoms with Crippen molar-refractivity contribution in [3.8, 4) is 0 Å². The summed E-state index contributed by atoms with van der Waals surface area (Å²) in [6, 6.07) is 16.4. The molecule has 3 heteroatoms. The fourth-order valence-corrected chi connectivity index (χ4v) is 2.24. The third-order valence-electron chi connectivity index (χ3n) is 1.96. The van der Waals surface area contributed by atoms with Crippen molar-refractivity contribution in [2.45, 2.75) is 13.8 Å². The number of hydrogen-bond acceptors (Lipinski definition) is 0. The highest BCUT2D eigenvalue weighted by atomic mass is 79.9. The minimum Gasteiger partial charge on any atom is -0.412 e. The van der Waals surface area contributed by atoms with Crippen molar-refractivity contribution in [2.24, 2.45) is 0 Å². The summed E-state index contributed by atoms with van der Waals surface area (Å²) in [6.07, 6.45) is 0. The summed E-state index contributed by atoms with van der Waals surface area (Å²) in [5.74, 6) is 0. The van der Waals surface area contributed by atoms with Crippen molar-refractivity contribution in [1.29, 1.82) is 0 Å². The van der Waals surface area contributed by atoms with Gasteiger partial charge in [-0.3, -0.25) is 0 Å². The van der Waals surface area contributed by atoms with Crippen molar-refractivity contribution in [1.82, 2.24) is 0 Å². The predicted molar refractivity (Wildman–Crippen MR) is 81.4 cm³/mol. The Balaban J connectivity index is 0.000000284. The molecule has 2 N–H and O–H groups in total. The smallest absolute Gasteiger partial charge is 0.0177 e. The Bertz CT molecular complexity index is 377. The fraction of sp³-hybridized carbons (Fsp3) is 0.143. The first kappa shape index (κ1) is 16.4. The topological polar surface area (TPSA) is 31.5 Å². The maximum absolute atomic E-state index is 3.36. The molecule has 0 aromatic heterocycles. The first-order valence-electron chi connectivity index (χ1n) is 5.02. The Morgan fingerprint density at radius 3 is 1.24 bits per heavy atom. The molecule has 0 saturated carbocycles. The Morgan fingerprint density at radius 2 is 1.06 bits per heavy atom. The van der Waals surface area contributed by atoms with Crippen LogP contribution < -0.4 is 0 Å². The second-order valence-electron chi connectivity index (χ2n) is 3.60. The molecule has 0 aliphatic heterocycles. The number of rotatable bonds is 0. The molecule has 0 heterocycles. The highest BCUT2D eigenvalue weighted by Crippen LogP contribution is 2.10. The van der Waals surface area contributed by atoms with Crippen LogP contribution in [0.5, 0.6) is 0 Å². The molecule has 0 amide bonds. The third-order valence-corrected chi connectivity index (χ3v) is 2.95. The van der Waals surface area contributed by atoms with Gasteiger partial charge >= 0.3 is 0 Å². The molecule has 0 radical (unpaired) electrons. The lowest BCUT2D eigenvalue weighted by atomic mass is 10.2. The van der Waals surface area contributed by atoms with Gasteiger partial charge in [0.1, 0.15) is 0 Å². The zero-order valence-electron chi connectivity index (χ0n) is 9.87. The first-order chi connectivity index (χ1) is 7.58. The van der Waals surface area contributed by atoms with E-state index in [0.29, 0.717) is 0 Å². The lowest BCUT2D eigenvalue weighted by molar-refractivity contribution is 0.824. The third kappa shape index (κ3) is 7.31. The van der Waals surface area contributed by atoms with Crippen molar-refractivity contribution >= 4 is 31.9 Å². The van der Waals surface area contributed by atoms with Gasteiger partial charge in [-0.05, 0) is 38.1 Å². The Labute approximate surface area is 119 Å². The summed E-state index contributed by atoms with van der Waals surface area (Å²) >= 11 is 6.72. The van der Waals surface area contributed by atoms with Gasteiger partial charge in [0, 0.05) is 8.95 Å². The molecule has 0 saturated heterocycles. The summed E-state index contributed by atoms with van der Waals surface area (Å²) < 4.78 is 2.30. The van der Waals surface area contributed by atoms with E-state index in [2.05, 4.69) is 70.0 Å². The van der Waals surface area contributed by atoms with Gasteiger partial charge < -0.3 is 5.48 Å². The van der Waals surface area contributed by atoms with Crippen LogP contribution >= 0.6 is 31.9 Å². The molecule has 2 rings (SSSR count). The van der Waals surface area contributed by atoms with Gasteiger partial charge in [-0.2, -0.15) is 0 Å². The molecule has 92 valence electrons. The molecule has 0 atom stereocenters. The van der Waals surface area contributed by atoms with Crippen LogP contribution in [0.2, 0.25) is 0 Å². The van der Waals surface area contributed by atoms with Gasteiger partial charge in [0.15, 0.2) is 0 Å². The van der Waals surface area contributed by atoms with Gasteiger partial charge in [0.05, 0.1) is 0 Å². The molecule has 0 aliphatic carbocycles. The van der Waals surface area contributed by atoms with Crippen LogP contribution in [0.4, 0.5) is 0 Å². The molecule has 2 aromatic carbocycles. The van der Waals surface area contributed by atoms with E-state index in [1.54, 1.807) is 0 Å². The average Bonchev–Trinajstić information content (AvgIpc) is 2.17. The summed E-state index contributed by atoms with van der Waals surface area (Å²) in [4.78, 5) is 0. The molecule has 0 bridgehead atoms. The molecule has 0 fully saturated rings. The lowest BCUT2D eigenvalue weighted by Crippen LogP contribution is -1.67. The van der Waals surface area contributed by atoms with E-state index in [1.165, 1.54) is 11.1 Å². The van der Waals surface area contributed by atoms with Crippen molar-refractivity contribution < 1.29 is 5.48 Å². The molecular formula is C14H16Br2O. The van der Waals surface area contributed by atoms with E-state index in [4.69, 9.17) is 0 Å². The summed E-state index contributed by atoms with van der Waals surface area (Å²) in [7, 11) is 0. The molecular weight excluding hydrogens is 344 g/mol. The second kappa shape index (κ2) is 8.45. The average molecular weight is 360 g/mol. The Morgan fingerprint density at radius 1 is 0.706 bits per heavy atom.